The van der Waals surface area contributed by atoms with Crippen molar-refractivity contribution in [3.05, 3.63) is 38.9 Å². The standard InChI is InChI=1S/C13H16ClN3O3/c14-10-6-9(7-12(8-10)17(19)20)13(18)16-5-3-11-2-1-4-15-11/h6-8,11,15H,1-5H2,(H,16,18)/t11-/m0/s1. The Hall–Kier alpha value is -1.66. The first kappa shape index (κ1) is 14.7. The van der Waals surface area contributed by atoms with E-state index >= 15 is 0 Å². The monoisotopic (exact) mass is 297 g/mol. The number of non-ortho nitro benzene ring substituents is 1. The molecule has 7 heteroatoms. The zero-order chi connectivity index (χ0) is 14.5. The number of amides is 1. The lowest BCUT2D eigenvalue weighted by Crippen LogP contribution is -2.30. The molecule has 1 heterocycles. The number of carbonyl (C=O) groups excluding carboxylic acids is 1. The van der Waals surface area contributed by atoms with Crippen molar-refractivity contribution in [1.29, 1.82) is 0 Å². The van der Waals surface area contributed by atoms with Gasteiger partial charge in [-0.1, -0.05) is 11.6 Å². The Labute approximate surface area is 121 Å². The van der Waals surface area contributed by atoms with E-state index in [9.17, 15) is 14.9 Å². The van der Waals surface area contributed by atoms with Gasteiger partial charge < -0.3 is 10.6 Å². The van der Waals surface area contributed by atoms with E-state index in [1.807, 2.05) is 0 Å². The number of nitro benzene ring substituents is 1. The van der Waals surface area contributed by atoms with E-state index in [0.29, 0.717) is 12.6 Å². The minimum atomic E-state index is -0.564. The van der Waals surface area contributed by atoms with Crippen molar-refractivity contribution in [1.82, 2.24) is 10.6 Å². The molecular weight excluding hydrogens is 282 g/mol. The maximum Gasteiger partial charge on any atom is 0.271 e. The number of nitrogens with one attached hydrogen (secondary N) is 2. The fourth-order valence-electron chi connectivity index (χ4n) is 2.28. The Morgan fingerprint density at radius 2 is 2.30 bits per heavy atom. The minimum absolute atomic E-state index is 0.180. The van der Waals surface area contributed by atoms with Crippen LogP contribution in [0.3, 0.4) is 0 Å². The first-order valence-corrected chi connectivity index (χ1v) is 6.90. The third-order valence-corrected chi connectivity index (χ3v) is 3.51. The highest BCUT2D eigenvalue weighted by molar-refractivity contribution is 6.31. The second kappa shape index (κ2) is 6.67. The van der Waals surface area contributed by atoms with Gasteiger partial charge in [0.25, 0.3) is 11.6 Å². The molecule has 2 rings (SSSR count). The molecule has 1 amide bonds. The summed E-state index contributed by atoms with van der Waals surface area (Å²) in [6, 6.07) is 4.33. The molecular formula is C13H16ClN3O3. The van der Waals surface area contributed by atoms with Crippen LogP contribution in [0.4, 0.5) is 5.69 Å². The Morgan fingerprint density at radius 3 is 2.95 bits per heavy atom. The van der Waals surface area contributed by atoms with Crippen LogP contribution in [0.15, 0.2) is 18.2 Å². The third-order valence-electron chi connectivity index (χ3n) is 3.30. The largest absolute Gasteiger partial charge is 0.352 e. The first-order valence-electron chi connectivity index (χ1n) is 6.53. The molecule has 1 saturated heterocycles. The van der Waals surface area contributed by atoms with Gasteiger partial charge in [0.15, 0.2) is 0 Å². The Morgan fingerprint density at radius 1 is 1.50 bits per heavy atom. The summed E-state index contributed by atoms with van der Waals surface area (Å²) in [7, 11) is 0. The predicted molar refractivity (Wildman–Crippen MR) is 76.1 cm³/mol. The number of rotatable bonds is 5. The van der Waals surface area contributed by atoms with Crippen LogP contribution in [-0.4, -0.2) is 30.0 Å². The van der Waals surface area contributed by atoms with Crippen molar-refractivity contribution < 1.29 is 9.72 Å². The zero-order valence-corrected chi connectivity index (χ0v) is 11.7. The number of nitro groups is 1. The molecule has 1 aliphatic heterocycles. The summed E-state index contributed by atoms with van der Waals surface area (Å²) in [5.41, 5.74) is 0.0312. The molecule has 6 nitrogen and oxygen atoms in total. The lowest BCUT2D eigenvalue weighted by Gasteiger charge is -2.10. The lowest BCUT2D eigenvalue weighted by atomic mass is 10.1. The van der Waals surface area contributed by atoms with Gasteiger partial charge >= 0.3 is 0 Å². The SMILES string of the molecule is O=C(NCC[C@@H]1CCCN1)c1cc(Cl)cc([N+](=O)[O-])c1. The second-order valence-electron chi connectivity index (χ2n) is 4.79. The fraction of sp³-hybridized carbons (Fsp3) is 0.462. The summed E-state index contributed by atoms with van der Waals surface area (Å²) in [4.78, 5) is 22.1. The smallest absolute Gasteiger partial charge is 0.271 e. The van der Waals surface area contributed by atoms with Crippen molar-refractivity contribution in [2.45, 2.75) is 25.3 Å². The number of nitrogens with zero attached hydrogens (tertiary/aromatic N) is 1. The van der Waals surface area contributed by atoms with Crippen LogP contribution in [0, 0.1) is 10.1 Å². The van der Waals surface area contributed by atoms with Crippen LogP contribution in [-0.2, 0) is 0 Å². The van der Waals surface area contributed by atoms with E-state index in [-0.39, 0.29) is 22.2 Å². The highest BCUT2D eigenvalue weighted by Crippen LogP contribution is 2.20. The summed E-state index contributed by atoms with van der Waals surface area (Å²) < 4.78 is 0. The Bertz CT molecular complexity index is 516. The van der Waals surface area contributed by atoms with Crippen molar-refractivity contribution in [2.24, 2.45) is 0 Å². The van der Waals surface area contributed by atoms with Gasteiger partial charge in [0.05, 0.1) is 4.92 Å². The van der Waals surface area contributed by atoms with E-state index < -0.39 is 4.92 Å². The van der Waals surface area contributed by atoms with Gasteiger partial charge in [-0.3, -0.25) is 14.9 Å². The van der Waals surface area contributed by atoms with Crippen LogP contribution >= 0.6 is 11.6 Å². The van der Waals surface area contributed by atoms with Crippen molar-refractivity contribution in [3.63, 3.8) is 0 Å². The molecule has 0 aliphatic carbocycles. The van der Waals surface area contributed by atoms with Crippen LogP contribution < -0.4 is 10.6 Å². The normalized spacial score (nSPS) is 17.9. The molecule has 0 unspecified atom stereocenters. The predicted octanol–water partition coefficient (Wildman–Crippen LogP) is 2.12. The topological polar surface area (TPSA) is 84.3 Å². The molecule has 0 spiro atoms. The fourth-order valence-corrected chi connectivity index (χ4v) is 2.51. The van der Waals surface area contributed by atoms with Gasteiger partial charge in [-0.25, -0.2) is 0 Å². The molecule has 1 atom stereocenters. The molecule has 20 heavy (non-hydrogen) atoms. The summed E-state index contributed by atoms with van der Waals surface area (Å²) in [5.74, 6) is -0.339. The van der Waals surface area contributed by atoms with Crippen LogP contribution in [0.1, 0.15) is 29.6 Å². The quantitative estimate of drug-likeness (QED) is 0.644. The second-order valence-corrected chi connectivity index (χ2v) is 5.23. The average Bonchev–Trinajstić information content (AvgIpc) is 2.91. The maximum absolute atomic E-state index is 11.9. The molecule has 0 aromatic heterocycles. The van der Waals surface area contributed by atoms with Crippen molar-refractivity contribution >= 4 is 23.2 Å². The molecule has 1 aliphatic rings. The van der Waals surface area contributed by atoms with Crippen LogP contribution in [0.2, 0.25) is 5.02 Å². The van der Waals surface area contributed by atoms with E-state index in [4.69, 9.17) is 11.6 Å². The van der Waals surface area contributed by atoms with Gasteiger partial charge in [0.2, 0.25) is 0 Å². The summed E-state index contributed by atoms with van der Waals surface area (Å²) >= 11 is 5.78. The summed E-state index contributed by atoms with van der Waals surface area (Å²) in [6.45, 7) is 1.57. The van der Waals surface area contributed by atoms with Gasteiger partial charge in [0, 0.05) is 35.3 Å². The maximum atomic E-state index is 11.9. The van der Waals surface area contributed by atoms with Crippen LogP contribution in [0.5, 0.6) is 0 Å². The van der Waals surface area contributed by atoms with Gasteiger partial charge in [-0.05, 0) is 31.9 Å². The number of carbonyl (C=O) groups is 1. The number of halogens is 1. The molecule has 0 saturated carbocycles. The van der Waals surface area contributed by atoms with E-state index in [0.717, 1.165) is 19.4 Å². The Balaban J connectivity index is 1.92. The van der Waals surface area contributed by atoms with E-state index in [1.54, 1.807) is 0 Å². The lowest BCUT2D eigenvalue weighted by molar-refractivity contribution is -0.384. The molecule has 1 aromatic carbocycles. The average molecular weight is 298 g/mol. The van der Waals surface area contributed by atoms with Gasteiger partial charge in [-0.15, -0.1) is 0 Å². The number of hydrogen-bond donors (Lipinski definition) is 2. The summed E-state index contributed by atoms with van der Waals surface area (Å²) in [6.07, 6.45) is 3.14. The molecule has 108 valence electrons. The van der Waals surface area contributed by atoms with Crippen molar-refractivity contribution in [3.8, 4) is 0 Å². The minimum Gasteiger partial charge on any atom is -0.352 e. The van der Waals surface area contributed by atoms with Gasteiger partial charge in [-0.2, -0.15) is 0 Å². The molecule has 0 bridgehead atoms. The van der Waals surface area contributed by atoms with Crippen molar-refractivity contribution in [2.75, 3.05) is 13.1 Å². The third kappa shape index (κ3) is 3.91. The molecule has 1 aromatic rings. The van der Waals surface area contributed by atoms with E-state index in [1.165, 1.54) is 24.6 Å². The number of hydrogen-bond acceptors (Lipinski definition) is 4. The first-order chi connectivity index (χ1) is 9.56. The van der Waals surface area contributed by atoms with Crippen LogP contribution in [0.25, 0.3) is 0 Å². The van der Waals surface area contributed by atoms with E-state index in [2.05, 4.69) is 10.6 Å². The Kier molecular flexibility index (Phi) is 4.92. The number of benzene rings is 1. The molecule has 2 N–H and O–H groups in total. The zero-order valence-electron chi connectivity index (χ0n) is 10.9. The van der Waals surface area contributed by atoms with Gasteiger partial charge in [0.1, 0.15) is 0 Å². The highest BCUT2D eigenvalue weighted by Gasteiger charge is 2.16. The highest BCUT2D eigenvalue weighted by atomic mass is 35.5. The molecule has 1 fully saturated rings. The molecule has 0 radical (unpaired) electrons. The summed E-state index contributed by atoms with van der Waals surface area (Å²) in [5, 5.41) is 17.0.